The minimum Gasteiger partial charge on any atom is -0.382 e. The number of hydrogen-bond acceptors (Lipinski definition) is 4. The quantitative estimate of drug-likeness (QED) is 0.819. The van der Waals surface area contributed by atoms with Crippen molar-refractivity contribution in [3.05, 3.63) is 11.3 Å². The Morgan fingerprint density at radius 3 is 2.88 bits per heavy atom. The van der Waals surface area contributed by atoms with E-state index in [2.05, 4.69) is 28.7 Å². The summed E-state index contributed by atoms with van der Waals surface area (Å²) in [6.07, 6.45) is 3.90. The van der Waals surface area contributed by atoms with E-state index in [1.807, 2.05) is 0 Å². The second-order valence-electron chi connectivity index (χ2n) is 4.58. The number of hydrogen-bond donors (Lipinski definition) is 1. The fourth-order valence-electron chi connectivity index (χ4n) is 2.16. The summed E-state index contributed by atoms with van der Waals surface area (Å²) in [5.41, 5.74) is 5.70. The van der Waals surface area contributed by atoms with Gasteiger partial charge in [0.2, 0.25) is 0 Å². The molecule has 0 aliphatic carbocycles. The molecule has 1 aliphatic heterocycles. The Bertz CT molecular complexity index is 382. The number of piperidine rings is 1. The summed E-state index contributed by atoms with van der Waals surface area (Å²) in [6.45, 7) is 5.43. The van der Waals surface area contributed by atoms with Gasteiger partial charge in [0.25, 0.3) is 0 Å². The van der Waals surface area contributed by atoms with Crippen LogP contribution in [0.1, 0.15) is 26.7 Å². The summed E-state index contributed by atoms with van der Waals surface area (Å²) in [5.74, 6) is 1.80. The molecule has 0 aromatic carbocycles. The molecule has 1 aliphatic rings. The van der Waals surface area contributed by atoms with Crippen LogP contribution in [0.3, 0.4) is 0 Å². The van der Waals surface area contributed by atoms with Crippen LogP contribution < -0.4 is 10.6 Å². The van der Waals surface area contributed by atoms with Crippen molar-refractivity contribution in [1.82, 2.24) is 9.97 Å². The van der Waals surface area contributed by atoms with Crippen LogP contribution in [0.2, 0.25) is 5.02 Å². The average Bonchev–Trinajstić information content (AvgIpc) is 2.26. The van der Waals surface area contributed by atoms with Crippen LogP contribution >= 0.6 is 11.6 Å². The second-order valence-corrected chi connectivity index (χ2v) is 4.96. The fraction of sp³-hybridized carbons (Fsp3) is 0.636. The molecule has 2 heterocycles. The normalized spacial score (nSPS) is 25.8. The van der Waals surface area contributed by atoms with Crippen LogP contribution in [0.4, 0.5) is 11.6 Å². The van der Waals surface area contributed by atoms with Gasteiger partial charge >= 0.3 is 0 Å². The molecule has 0 saturated carbocycles. The molecule has 1 fully saturated rings. The zero-order valence-electron chi connectivity index (χ0n) is 9.65. The van der Waals surface area contributed by atoms with Gasteiger partial charge in [-0.1, -0.05) is 18.5 Å². The van der Waals surface area contributed by atoms with Gasteiger partial charge in [0.05, 0.1) is 0 Å². The van der Waals surface area contributed by atoms with E-state index in [4.69, 9.17) is 17.3 Å². The highest BCUT2D eigenvalue weighted by Gasteiger charge is 2.26. The van der Waals surface area contributed by atoms with Crippen molar-refractivity contribution < 1.29 is 0 Å². The Morgan fingerprint density at radius 2 is 2.12 bits per heavy atom. The number of nitrogens with two attached hydrogens (primary N) is 1. The molecule has 2 unspecified atom stereocenters. The van der Waals surface area contributed by atoms with Gasteiger partial charge in [-0.05, 0) is 25.7 Å². The van der Waals surface area contributed by atoms with Crippen molar-refractivity contribution in [2.24, 2.45) is 5.92 Å². The topological polar surface area (TPSA) is 55.0 Å². The minimum atomic E-state index is 0.358. The lowest BCUT2D eigenvalue weighted by molar-refractivity contribution is 0.388. The lowest BCUT2D eigenvalue weighted by Gasteiger charge is -2.38. The van der Waals surface area contributed by atoms with Crippen LogP contribution in [0, 0.1) is 5.92 Å². The molecule has 0 spiro atoms. The lowest BCUT2D eigenvalue weighted by Crippen LogP contribution is -2.41. The third kappa shape index (κ3) is 2.07. The lowest BCUT2D eigenvalue weighted by atomic mass is 9.95. The smallest absolute Gasteiger partial charge is 0.153 e. The maximum absolute atomic E-state index is 6.15. The predicted molar refractivity (Wildman–Crippen MR) is 66.7 cm³/mol. The highest BCUT2D eigenvalue weighted by molar-refractivity contribution is 6.35. The molecule has 1 aromatic rings. The molecule has 5 heteroatoms. The molecule has 2 rings (SSSR count). The van der Waals surface area contributed by atoms with Gasteiger partial charge in [-0.25, -0.2) is 9.97 Å². The van der Waals surface area contributed by atoms with Crippen LogP contribution in [0.5, 0.6) is 0 Å². The fourth-order valence-corrected chi connectivity index (χ4v) is 2.36. The van der Waals surface area contributed by atoms with E-state index in [1.54, 1.807) is 0 Å². The van der Waals surface area contributed by atoms with Crippen molar-refractivity contribution >= 4 is 23.2 Å². The molecule has 88 valence electrons. The maximum atomic E-state index is 6.15. The van der Waals surface area contributed by atoms with Crippen molar-refractivity contribution in [3.8, 4) is 0 Å². The summed E-state index contributed by atoms with van der Waals surface area (Å²) in [6, 6.07) is 0.461. The van der Waals surface area contributed by atoms with Gasteiger partial charge in [0.15, 0.2) is 5.82 Å². The third-order valence-corrected chi connectivity index (χ3v) is 3.55. The largest absolute Gasteiger partial charge is 0.382 e. The van der Waals surface area contributed by atoms with Crippen LogP contribution in [0.25, 0.3) is 0 Å². The summed E-state index contributed by atoms with van der Waals surface area (Å²) in [4.78, 5) is 10.4. The number of anilines is 2. The standard InChI is InChI=1S/C11H17ClN4/c1-7-3-4-8(2)16(5-7)11-9(12)10(13)14-6-15-11/h6-8H,3-5H2,1-2H3,(H2,13,14,15). The Labute approximate surface area is 101 Å². The first-order valence-corrected chi connectivity index (χ1v) is 6.00. The molecule has 0 radical (unpaired) electrons. The van der Waals surface area contributed by atoms with Gasteiger partial charge in [-0.15, -0.1) is 0 Å². The summed E-state index contributed by atoms with van der Waals surface area (Å²) in [5, 5.41) is 0.475. The molecule has 0 bridgehead atoms. The average molecular weight is 241 g/mol. The molecule has 16 heavy (non-hydrogen) atoms. The van der Waals surface area contributed by atoms with Crippen LogP contribution in [0.15, 0.2) is 6.33 Å². The minimum absolute atomic E-state index is 0.358. The van der Waals surface area contributed by atoms with E-state index in [-0.39, 0.29) is 0 Å². The van der Waals surface area contributed by atoms with E-state index in [0.29, 0.717) is 22.8 Å². The van der Waals surface area contributed by atoms with Crippen LogP contribution in [-0.2, 0) is 0 Å². The first-order chi connectivity index (χ1) is 7.59. The van der Waals surface area contributed by atoms with E-state index in [0.717, 1.165) is 12.4 Å². The van der Waals surface area contributed by atoms with E-state index in [9.17, 15) is 0 Å². The Kier molecular flexibility index (Phi) is 3.19. The second kappa shape index (κ2) is 4.45. The van der Waals surface area contributed by atoms with E-state index in [1.165, 1.54) is 19.2 Å². The van der Waals surface area contributed by atoms with Gasteiger partial charge in [-0.3, -0.25) is 0 Å². The highest BCUT2D eigenvalue weighted by atomic mass is 35.5. The van der Waals surface area contributed by atoms with Crippen molar-refractivity contribution in [2.45, 2.75) is 32.7 Å². The number of nitrogen functional groups attached to an aromatic ring is 1. The summed E-state index contributed by atoms with van der Waals surface area (Å²) >= 11 is 6.15. The molecular formula is C11H17ClN4. The van der Waals surface area contributed by atoms with Gasteiger partial charge in [0, 0.05) is 12.6 Å². The molecular weight excluding hydrogens is 224 g/mol. The first-order valence-electron chi connectivity index (χ1n) is 5.62. The highest BCUT2D eigenvalue weighted by Crippen LogP contribution is 2.32. The molecule has 0 amide bonds. The summed E-state index contributed by atoms with van der Waals surface area (Å²) in [7, 11) is 0. The Morgan fingerprint density at radius 1 is 1.38 bits per heavy atom. The van der Waals surface area contributed by atoms with Crippen molar-refractivity contribution in [1.29, 1.82) is 0 Å². The third-order valence-electron chi connectivity index (χ3n) is 3.19. The molecule has 1 aromatic heterocycles. The van der Waals surface area contributed by atoms with Crippen LogP contribution in [-0.4, -0.2) is 22.6 Å². The number of aromatic nitrogens is 2. The van der Waals surface area contributed by atoms with E-state index < -0.39 is 0 Å². The SMILES string of the molecule is CC1CCC(C)N(c2ncnc(N)c2Cl)C1. The molecule has 4 nitrogen and oxygen atoms in total. The van der Waals surface area contributed by atoms with Gasteiger partial charge in [0.1, 0.15) is 17.2 Å². The zero-order valence-corrected chi connectivity index (χ0v) is 10.4. The monoisotopic (exact) mass is 240 g/mol. The molecule has 2 N–H and O–H groups in total. The van der Waals surface area contributed by atoms with Crippen molar-refractivity contribution in [3.63, 3.8) is 0 Å². The van der Waals surface area contributed by atoms with E-state index >= 15 is 0 Å². The zero-order chi connectivity index (χ0) is 11.7. The van der Waals surface area contributed by atoms with Gasteiger partial charge < -0.3 is 10.6 Å². The van der Waals surface area contributed by atoms with Crippen molar-refractivity contribution in [2.75, 3.05) is 17.2 Å². The van der Waals surface area contributed by atoms with Gasteiger partial charge in [-0.2, -0.15) is 0 Å². The molecule has 1 saturated heterocycles. The predicted octanol–water partition coefficient (Wildman–Crippen LogP) is 2.34. The summed E-state index contributed by atoms with van der Waals surface area (Å²) < 4.78 is 0. The Hall–Kier alpha value is -1.03. The number of halogens is 1. The molecule has 2 atom stereocenters. The number of rotatable bonds is 1. The Balaban J connectivity index is 2.31. The number of nitrogens with zero attached hydrogens (tertiary/aromatic N) is 3. The first kappa shape index (κ1) is 11.5. The maximum Gasteiger partial charge on any atom is 0.153 e.